The number of halogens is 1. The molecule has 0 aliphatic carbocycles. The first-order valence-electron chi connectivity index (χ1n) is 2.91. The van der Waals surface area contributed by atoms with Crippen LogP contribution in [0, 0.1) is 11.3 Å². The molecule has 0 saturated carbocycles. The van der Waals surface area contributed by atoms with Crippen LogP contribution >= 0.6 is 11.6 Å². The normalized spacial score (nSPS) is 12.5. The highest BCUT2D eigenvalue weighted by Crippen LogP contribution is 2.14. The summed E-state index contributed by atoms with van der Waals surface area (Å²) in [6.07, 6.45) is 0.185. The Bertz CT molecular complexity index is 301. The Morgan fingerprint density at radius 3 is 2.91 bits per heavy atom. The van der Waals surface area contributed by atoms with Crippen LogP contribution in [0.15, 0.2) is 6.20 Å². The molecule has 1 N–H and O–H groups in total. The minimum Gasteiger partial charge on any atom is -0.371 e. The second-order valence-corrected chi connectivity index (χ2v) is 2.42. The van der Waals surface area contributed by atoms with Crippen LogP contribution in [-0.4, -0.2) is 14.7 Å². The highest BCUT2D eigenvalue weighted by Gasteiger charge is 2.12. The summed E-state index contributed by atoms with van der Waals surface area (Å²) in [5, 5.41) is 17.7. The number of nitrogens with zero attached hydrogens (tertiary/aromatic N) is 3. The summed E-state index contributed by atoms with van der Waals surface area (Å²) >= 11 is 5.61. The van der Waals surface area contributed by atoms with E-state index in [1.165, 1.54) is 10.8 Å². The highest BCUT2D eigenvalue weighted by atomic mass is 35.5. The van der Waals surface area contributed by atoms with Gasteiger partial charge in [0.05, 0.1) is 6.20 Å². The number of aliphatic hydroxyl groups excluding tert-OH is 1. The van der Waals surface area contributed by atoms with Crippen molar-refractivity contribution in [1.29, 1.82) is 5.26 Å². The van der Waals surface area contributed by atoms with Crippen LogP contribution in [-0.2, 0) is 7.05 Å². The van der Waals surface area contributed by atoms with Gasteiger partial charge in [-0.15, -0.1) is 0 Å². The Morgan fingerprint density at radius 1 is 1.91 bits per heavy atom. The minimum absolute atomic E-state index is 0.262. The molecule has 5 heteroatoms. The first-order chi connectivity index (χ1) is 5.16. The van der Waals surface area contributed by atoms with E-state index < -0.39 is 6.10 Å². The van der Waals surface area contributed by atoms with Crippen LogP contribution < -0.4 is 0 Å². The van der Waals surface area contributed by atoms with Gasteiger partial charge in [0.1, 0.15) is 11.2 Å². The van der Waals surface area contributed by atoms with E-state index in [9.17, 15) is 0 Å². The Morgan fingerprint density at radius 2 is 2.55 bits per heavy atom. The van der Waals surface area contributed by atoms with Gasteiger partial charge in [0.15, 0.2) is 11.9 Å². The van der Waals surface area contributed by atoms with E-state index in [1.54, 1.807) is 13.1 Å². The van der Waals surface area contributed by atoms with Crippen molar-refractivity contribution in [2.24, 2.45) is 7.05 Å². The zero-order chi connectivity index (χ0) is 8.43. The zero-order valence-electron chi connectivity index (χ0n) is 5.82. The molecule has 0 bridgehead atoms. The van der Waals surface area contributed by atoms with E-state index in [4.69, 9.17) is 22.0 Å². The largest absolute Gasteiger partial charge is 0.371 e. The van der Waals surface area contributed by atoms with Crippen LogP contribution in [0.25, 0.3) is 0 Å². The second-order valence-electron chi connectivity index (χ2n) is 2.03. The third-order valence-corrected chi connectivity index (χ3v) is 1.69. The predicted octanol–water partition coefficient (Wildman–Crippen LogP) is 0.630. The lowest BCUT2D eigenvalue weighted by molar-refractivity contribution is 0.221. The fraction of sp³-hybridized carbons (Fsp3) is 0.333. The van der Waals surface area contributed by atoms with Crippen molar-refractivity contribution in [2.75, 3.05) is 0 Å². The molecular formula is C6H6ClN3O. The Hall–Kier alpha value is -1.05. The van der Waals surface area contributed by atoms with Gasteiger partial charge in [-0.2, -0.15) is 5.26 Å². The lowest BCUT2D eigenvalue weighted by Gasteiger charge is -2.01. The molecular weight excluding hydrogens is 166 g/mol. The average Bonchev–Trinajstić information content (AvgIpc) is 2.32. The van der Waals surface area contributed by atoms with Gasteiger partial charge < -0.3 is 9.67 Å². The molecule has 0 aliphatic heterocycles. The van der Waals surface area contributed by atoms with E-state index in [1.807, 2.05) is 0 Å². The molecule has 0 saturated heterocycles. The van der Waals surface area contributed by atoms with Gasteiger partial charge in [0.2, 0.25) is 0 Å². The smallest absolute Gasteiger partial charge is 0.199 e. The zero-order valence-corrected chi connectivity index (χ0v) is 6.58. The molecule has 58 valence electrons. The fourth-order valence-corrected chi connectivity index (χ4v) is 0.849. The number of hydrogen-bond acceptors (Lipinski definition) is 3. The van der Waals surface area contributed by atoms with Crippen molar-refractivity contribution < 1.29 is 5.11 Å². The molecule has 0 fully saturated rings. The molecule has 1 atom stereocenters. The van der Waals surface area contributed by atoms with E-state index in [-0.39, 0.29) is 5.82 Å². The van der Waals surface area contributed by atoms with Gasteiger partial charge in [-0.3, -0.25) is 0 Å². The molecule has 0 amide bonds. The number of aromatic nitrogens is 2. The van der Waals surface area contributed by atoms with Gasteiger partial charge in [-0.1, -0.05) is 11.6 Å². The van der Waals surface area contributed by atoms with Crippen molar-refractivity contribution in [2.45, 2.75) is 6.10 Å². The van der Waals surface area contributed by atoms with Crippen molar-refractivity contribution >= 4 is 11.6 Å². The Kier molecular flexibility index (Phi) is 2.13. The van der Waals surface area contributed by atoms with Gasteiger partial charge >= 0.3 is 0 Å². The topological polar surface area (TPSA) is 61.8 Å². The molecule has 1 aromatic heterocycles. The molecule has 0 spiro atoms. The SMILES string of the molecule is Cn1c(Cl)cnc1C(O)C#N. The Balaban J connectivity index is 3.07. The molecule has 1 rings (SSSR count). The minimum atomic E-state index is -1.20. The average molecular weight is 172 g/mol. The van der Waals surface area contributed by atoms with Gasteiger partial charge in [-0.25, -0.2) is 4.98 Å². The standard InChI is InChI=1S/C6H6ClN3O/c1-10-5(7)3-9-6(10)4(11)2-8/h3-4,11H,1H3. The van der Waals surface area contributed by atoms with E-state index in [2.05, 4.69) is 4.98 Å². The second kappa shape index (κ2) is 2.91. The third kappa shape index (κ3) is 1.34. The van der Waals surface area contributed by atoms with Crippen molar-refractivity contribution in [3.8, 4) is 6.07 Å². The first-order valence-corrected chi connectivity index (χ1v) is 3.29. The van der Waals surface area contributed by atoms with E-state index >= 15 is 0 Å². The number of imidazole rings is 1. The molecule has 11 heavy (non-hydrogen) atoms. The predicted molar refractivity (Wildman–Crippen MR) is 38.8 cm³/mol. The molecule has 0 radical (unpaired) electrons. The van der Waals surface area contributed by atoms with Crippen LogP contribution in [0.4, 0.5) is 0 Å². The van der Waals surface area contributed by atoms with E-state index in [0.717, 1.165) is 0 Å². The Labute approximate surface area is 68.7 Å². The van der Waals surface area contributed by atoms with Crippen LogP contribution in [0.2, 0.25) is 5.15 Å². The van der Waals surface area contributed by atoms with Crippen LogP contribution in [0.3, 0.4) is 0 Å². The first kappa shape index (κ1) is 8.05. The summed E-state index contributed by atoms with van der Waals surface area (Å²) < 4.78 is 1.45. The molecule has 1 heterocycles. The van der Waals surface area contributed by atoms with Gasteiger partial charge in [0.25, 0.3) is 0 Å². The van der Waals surface area contributed by atoms with Crippen molar-refractivity contribution in [3.05, 3.63) is 17.2 Å². The summed E-state index contributed by atoms with van der Waals surface area (Å²) in [5.41, 5.74) is 0. The third-order valence-electron chi connectivity index (χ3n) is 1.33. The monoisotopic (exact) mass is 171 g/mol. The maximum atomic E-state index is 9.02. The highest BCUT2D eigenvalue weighted by molar-refractivity contribution is 6.29. The molecule has 0 aromatic carbocycles. The van der Waals surface area contributed by atoms with Crippen LogP contribution in [0.1, 0.15) is 11.9 Å². The lowest BCUT2D eigenvalue weighted by atomic mass is 10.4. The molecule has 1 unspecified atom stereocenters. The summed E-state index contributed by atoms with van der Waals surface area (Å²) in [7, 11) is 1.63. The molecule has 0 aliphatic rings. The van der Waals surface area contributed by atoms with Gasteiger partial charge in [-0.05, 0) is 0 Å². The number of aliphatic hydroxyl groups is 1. The summed E-state index contributed by atoms with van der Waals surface area (Å²) in [5.74, 6) is 0.262. The molecule has 1 aromatic rings. The van der Waals surface area contributed by atoms with Crippen molar-refractivity contribution in [3.63, 3.8) is 0 Å². The number of nitriles is 1. The maximum absolute atomic E-state index is 9.02. The molecule has 4 nitrogen and oxygen atoms in total. The summed E-state index contributed by atoms with van der Waals surface area (Å²) in [4.78, 5) is 3.74. The van der Waals surface area contributed by atoms with Crippen molar-refractivity contribution in [1.82, 2.24) is 9.55 Å². The summed E-state index contributed by atoms with van der Waals surface area (Å²) in [6, 6.07) is 1.65. The maximum Gasteiger partial charge on any atom is 0.199 e. The van der Waals surface area contributed by atoms with Gasteiger partial charge in [0, 0.05) is 7.05 Å². The lowest BCUT2D eigenvalue weighted by Crippen LogP contribution is -2.03. The fourth-order valence-electron chi connectivity index (χ4n) is 0.714. The quantitative estimate of drug-likeness (QED) is 0.631. The van der Waals surface area contributed by atoms with E-state index in [0.29, 0.717) is 5.15 Å². The number of rotatable bonds is 1. The summed E-state index contributed by atoms with van der Waals surface area (Å²) in [6.45, 7) is 0. The number of hydrogen-bond donors (Lipinski definition) is 1. The van der Waals surface area contributed by atoms with Crippen LogP contribution in [0.5, 0.6) is 0 Å².